The van der Waals surface area contributed by atoms with Gasteiger partial charge in [0.2, 0.25) is 0 Å². The molecule has 2 fully saturated rings. The summed E-state index contributed by atoms with van der Waals surface area (Å²) in [5.41, 5.74) is -0.747. The van der Waals surface area contributed by atoms with Crippen molar-refractivity contribution in [2.75, 3.05) is 0 Å². The molecular weight excluding hydrogens is 252 g/mol. The second-order valence-electron chi connectivity index (χ2n) is 8.09. The Morgan fingerprint density at radius 1 is 1.25 bits per heavy atom. The molecule has 0 unspecified atom stereocenters. The molecule has 3 heteroatoms. The van der Waals surface area contributed by atoms with Crippen LogP contribution < -0.4 is 0 Å². The van der Waals surface area contributed by atoms with Gasteiger partial charge in [-0.25, -0.2) is 0 Å². The Bertz CT molecular complexity index is 386. The van der Waals surface area contributed by atoms with E-state index < -0.39 is 11.2 Å². The molecule has 2 aliphatic rings. The topological polar surface area (TPSA) is 46.5 Å². The Hall–Kier alpha value is -0.570. The summed E-state index contributed by atoms with van der Waals surface area (Å²) >= 11 is 0. The van der Waals surface area contributed by atoms with Crippen molar-refractivity contribution < 1.29 is 14.6 Å². The van der Waals surface area contributed by atoms with E-state index in [0.29, 0.717) is 11.8 Å². The molecule has 2 aliphatic carbocycles. The molecule has 0 aromatic carbocycles. The van der Waals surface area contributed by atoms with E-state index in [1.807, 2.05) is 20.8 Å². The van der Waals surface area contributed by atoms with Gasteiger partial charge in [0.1, 0.15) is 5.60 Å². The van der Waals surface area contributed by atoms with Crippen molar-refractivity contribution in [3.63, 3.8) is 0 Å². The summed E-state index contributed by atoms with van der Waals surface area (Å²) in [7, 11) is 0. The van der Waals surface area contributed by atoms with Crippen LogP contribution in [0.25, 0.3) is 0 Å². The minimum absolute atomic E-state index is 0.210. The Morgan fingerprint density at radius 2 is 1.90 bits per heavy atom. The molecule has 2 saturated carbocycles. The maximum atomic E-state index is 11.3. The third-order valence-corrected chi connectivity index (χ3v) is 6.00. The van der Waals surface area contributed by atoms with Crippen molar-refractivity contribution in [1.29, 1.82) is 0 Å². The van der Waals surface area contributed by atoms with Crippen LogP contribution in [-0.2, 0) is 9.53 Å². The van der Waals surface area contributed by atoms with Crippen molar-refractivity contribution in [2.24, 2.45) is 17.3 Å². The second kappa shape index (κ2) is 5.01. The normalized spacial score (nSPS) is 41.9. The van der Waals surface area contributed by atoms with Gasteiger partial charge in [-0.05, 0) is 70.1 Å². The Labute approximate surface area is 123 Å². The van der Waals surface area contributed by atoms with Crippen LogP contribution >= 0.6 is 0 Å². The molecule has 0 aliphatic heterocycles. The third kappa shape index (κ3) is 2.88. The predicted molar refractivity (Wildman–Crippen MR) is 79.3 cm³/mol. The van der Waals surface area contributed by atoms with Gasteiger partial charge in [0.25, 0.3) is 0 Å². The predicted octanol–water partition coefficient (Wildman–Crippen LogP) is 3.69. The molecular formula is C17H30O3. The minimum atomic E-state index is -0.571. The maximum absolute atomic E-state index is 11.3. The molecule has 0 heterocycles. The quantitative estimate of drug-likeness (QED) is 0.786. The van der Waals surface area contributed by atoms with E-state index >= 15 is 0 Å². The van der Waals surface area contributed by atoms with Gasteiger partial charge >= 0.3 is 5.97 Å². The Morgan fingerprint density at radius 3 is 2.50 bits per heavy atom. The van der Waals surface area contributed by atoms with E-state index in [4.69, 9.17) is 4.74 Å². The van der Waals surface area contributed by atoms with Crippen LogP contribution in [0.5, 0.6) is 0 Å². The zero-order chi connectivity index (χ0) is 15.2. The van der Waals surface area contributed by atoms with Crippen LogP contribution in [-0.4, -0.2) is 22.3 Å². The Kier molecular flexibility index (Phi) is 3.96. The lowest BCUT2D eigenvalue weighted by Gasteiger charge is -2.55. The molecule has 0 aromatic rings. The summed E-state index contributed by atoms with van der Waals surface area (Å²) in [6, 6.07) is 0. The summed E-state index contributed by atoms with van der Waals surface area (Å²) in [6.07, 6.45) is 6.41. The van der Waals surface area contributed by atoms with Crippen molar-refractivity contribution in [2.45, 2.75) is 84.3 Å². The van der Waals surface area contributed by atoms with E-state index in [2.05, 4.69) is 6.92 Å². The van der Waals surface area contributed by atoms with Crippen LogP contribution in [0.4, 0.5) is 0 Å². The van der Waals surface area contributed by atoms with Crippen LogP contribution in [0.15, 0.2) is 0 Å². The van der Waals surface area contributed by atoms with Crippen molar-refractivity contribution in [1.82, 2.24) is 0 Å². The number of fused-ring (bicyclic) bond motifs is 1. The number of hydrogen-bond acceptors (Lipinski definition) is 3. The zero-order valence-electron chi connectivity index (χ0n) is 13.7. The van der Waals surface area contributed by atoms with Gasteiger partial charge < -0.3 is 9.84 Å². The van der Waals surface area contributed by atoms with Crippen molar-refractivity contribution in [3.05, 3.63) is 0 Å². The average molecular weight is 282 g/mol. The molecule has 0 aromatic heterocycles. The van der Waals surface area contributed by atoms with Gasteiger partial charge in [-0.2, -0.15) is 0 Å². The summed E-state index contributed by atoms with van der Waals surface area (Å²) in [4.78, 5) is 11.3. The number of rotatable bonds is 2. The van der Waals surface area contributed by atoms with Gasteiger partial charge in [-0.3, -0.25) is 4.79 Å². The molecule has 4 atom stereocenters. The van der Waals surface area contributed by atoms with E-state index in [1.165, 1.54) is 13.3 Å². The summed E-state index contributed by atoms with van der Waals surface area (Å²) in [5.74, 6) is 0.449. The number of carbonyl (C=O) groups excluding carboxylic acids is 1. The number of aliphatic hydroxyl groups is 1. The van der Waals surface area contributed by atoms with Crippen LogP contribution in [0, 0.1) is 17.3 Å². The monoisotopic (exact) mass is 282 g/mol. The van der Waals surface area contributed by atoms with E-state index in [1.54, 1.807) is 0 Å². The fourth-order valence-corrected chi connectivity index (χ4v) is 4.78. The number of ether oxygens (including phenoxy) is 1. The largest absolute Gasteiger partial charge is 0.460 e. The molecule has 0 radical (unpaired) electrons. The molecule has 0 amide bonds. The molecule has 20 heavy (non-hydrogen) atoms. The highest BCUT2D eigenvalue weighted by atomic mass is 16.6. The second-order valence-corrected chi connectivity index (χ2v) is 8.09. The lowest BCUT2D eigenvalue weighted by atomic mass is 9.52. The third-order valence-electron chi connectivity index (χ3n) is 6.00. The average Bonchev–Trinajstić information content (AvgIpc) is 2.25. The summed E-state index contributed by atoms with van der Waals surface area (Å²) < 4.78 is 5.54. The smallest absolute Gasteiger partial charge is 0.303 e. The highest BCUT2D eigenvalue weighted by molar-refractivity contribution is 5.66. The molecule has 0 bridgehead atoms. The first-order chi connectivity index (χ1) is 9.07. The SMILES string of the molecule is CC(=O)OC(C)(C)[C@@H]1CC[C@@]2(C)CCC[C@@](C)(O)[C@H]2C1. The number of esters is 1. The van der Waals surface area contributed by atoms with Crippen LogP contribution in [0.1, 0.15) is 73.1 Å². The fourth-order valence-electron chi connectivity index (χ4n) is 4.78. The molecule has 0 saturated heterocycles. The van der Waals surface area contributed by atoms with Gasteiger partial charge in [0.05, 0.1) is 5.60 Å². The standard InChI is InChI=1S/C17H30O3/c1-12(18)20-15(2,3)13-7-10-16(4)8-6-9-17(5,19)14(16)11-13/h13-14,19H,6-11H2,1-5H3/t13-,14+,16-,17-/m1/s1. The van der Waals surface area contributed by atoms with Crippen molar-refractivity contribution in [3.8, 4) is 0 Å². The highest BCUT2D eigenvalue weighted by Crippen LogP contribution is 2.56. The van der Waals surface area contributed by atoms with Crippen LogP contribution in [0.2, 0.25) is 0 Å². The van der Waals surface area contributed by atoms with E-state index in [0.717, 1.165) is 32.1 Å². The molecule has 1 N–H and O–H groups in total. The Balaban J connectivity index is 2.17. The lowest BCUT2D eigenvalue weighted by molar-refractivity contribution is -0.172. The summed E-state index contributed by atoms with van der Waals surface area (Å²) in [6.45, 7) is 9.83. The van der Waals surface area contributed by atoms with Gasteiger partial charge in [-0.1, -0.05) is 13.3 Å². The van der Waals surface area contributed by atoms with Crippen LogP contribution in [0.3, 0.4) is 0 Å². The maximum Gasteiger partial charge on any atom is 0.303 e. The summed E-state index contributed by atoms with van der Waals surface area (Å²) in [5, 5.41) is 10.8. The number of carbonyl (C=O) groups is 1. The van der Waals surface area contributed by atoms with E-state index in [-0.39, 0.29) is 11.4 Å². The first kappa shape index (κ1) is 15.8. The minimum Gasteiger partial charge on any atom is -0.460 e. The number of hydrogen-bond donors (Lipinski definition) is 1. The first-order valence-electron chi connectivity index (χ1n) is 7.99. The van der Waals surface area contributed by atoms with Gasteiger partial charge in [0.15, 0.2) is 0 Å². The molecule has 0 spiro atoms. The first-order valence-corrected chi connectivity index (χ1v) is 7.99. The zero-order valence-corrected chi connectivity index (χ0v) is 13.7. The van der Waals surface area contributed by atoms with Gasteiger partial charge in [-0.15, -0.1) is 0 Å². The molecule has 116 valence electrons. The lowest BCUT2D eigenvalue weighted by Crippen LogP contribution is -2.54. The van der Waals surface area contributed by atoms with Gasteiger partial charge in [0, 0.05) is 6.92 Å². The molecule has 3 nitrogen and oxygen atoms in total. The molecule has 2 rings (SSSR count). The fraction of sp³-hybridized carbons (Fsp3) is 0.941. The van der Waals surface area contributed by atoms with E-state index in [9.17, 15) is 9.90 Å². The van der Waals surface area contributed by atoms with Crippen molar-refractivity contribution >= 4 is 5.97 Å². The highest BCUT2D eigenvalue weighted by Gasteiger charge is 2.53.